The van der Waals surface area contributed by atoms with E-state index in [1.54, 1.807) is 0 Å². The lowest BCUT2D eigenvalue weighted by Gasteiger charge is -2.36. The molecule has 1 fully saturated rings. The Morgan fingerprint density at radius 1 is 1.29 bits per heavy atom. The topological polar surface area (TPSA) is 148 Å². The minimum Gasteiger partial charge on any atom is -0.494 e. The summed E-state index contributed by atoms with van der Waals surface area (Å²) in [4.78, 5) is 22.8. The smallest absolute Gasteiger partial charge is 0.409 e. The number of carboxylic acid groups (broad SMARTS) is 1. The van der Waals surface area contributed by atoms with Crippen molar-refractivity contribution in [1.29, 1.82) is 0 Å². The molecule has 1 heterocycles. The second-order valence-electron chi connectivity index (χ2n) is 8.27. The van der Waals surface area contributed by atoms with Crippen LogP contribution in [0, 0.1) is 17.7 Å². The molecule has 0 bridgehead atoms. The molecule has 4 N–H and O–H groups in total. The quantitative estimate of drug-likeness (QED) is 0.512. The van der Waals surface area contributed by atoms with Crippen molar-refractivity contribution in [2.75, 3.05) is 23.3 Å². The van der Waals surface area contributed by atoms with Crippen molar-refractivity contribution in [2.24, 2.45) is 17.6 Å². The van der Waals surface area contributed by atoms with Crippen LogP contribution in [0.15, 0.2) is 41.3 Å². The predicted molar refractivity (Wildman–Crippen MR) is 120 cm³/mol. The second kappa shape index (κ2) is 9.01. The lowest BCUT2D eigenvalue weighted by atomic mass is 9.95. The number of halogens is 1. The Bertz CT molecular complexity index is 1230. The zero-order chi connectivity index (χ0) is 24.6. The van der Waals surface area contributed by atoms with Crippen LogP contribution < -0.4 is 24.8 Å². The zero-order valence-corrected chi connectivity index (χ0v) is 19.0. The van der Waals surface area contributed by atoms with Crippen LogP contribution in [0.25, 0.3) is 0 Å². The van der Waals surface area contributed by atoms with Gasteiger partial charge in [0.25, 0.3) is 10.0 Å². The number of carbonyl (C=O) groups excluding carboxylic acids is 1. The molecule has 1 aliphatic heterocycles. The van der Waals surface area contributed by atoms with Gasteiger partial charge in [0.1, 0.15) is 11.9 Å². The van der Waals surface area contributed by atoms with E-state index < -0.39 is 39.9 Å². The molecule has 0 saturated heterocycles. The van der Waals surface area contributed by atoms with Crippen molar-refractivity contribution in [2.45, 2.75) is 30.3 Å². The summed E-state index contributed by atoms with van der Waals surface area (Å²) < 4.78 is 53.2. The lowest BCUT2D eigenvalue weighted by molar-refractivity contribution is -0.123. The first kappa shape index (κ1) is 23.6. The summed E-state index contributed by atoms with van der Waals surface area (Å²) in [6, 6.07) is 7.41. The Hall–Kier alpha value is -3.54. The molecule has 1 aliphatic carbocycles. The molecule has 0 aromatic heterocycles. The number of nitrogens with one attached hydrogen (secondary N) is 1. The summed E-state index contributed by atoms with van der Waals surface area (Å²) in [5, 5.41) is 11.2. The zero-order valence-electron chi connectivity index (χ0n) is 18.2. The summed E-state index contributed by atoms with van der Waals surface area (Å²) in [6.45, 7) is -0.151. The summed E-state index contributed by atoms with van der Waals surface area (Å²) >= 11 is 0. The minimum absolute atomic E-state index is 0.104. The van der Waals surface area contributed by atoms with E-state index in [0.717, 1.165) is 35.3 Å². The molecule has 2 aromatic rings. The molecule has 12 heteroatoms. The minimum atomic E-state index is -4.25. The molecule has 182 valence electrons. The molecule has 10 nitrogen and oxygen atoms in total. The first-order valence-corrected chi connectivity index (χ1v) is 12.0. The first-order chi connectivity index (χ1) is 16.1. The number of nitrogens with two attached hydrogens (primary N) is 1. The number of primary amides is 1. The van der Waals surface area contributed by atoms with Crippen molar-refractivity contribution in [1.82, 2.24) is 0 Å². The summed E-state index contributed by atoms with van der Waals surface area (Å²) in [6.07, 6.45) is -0.0216. The largest absolute Gasteiger partial charge is 0.494 e. The Morgan fingerprint density at radius 3 is 2.65 bits per heavy atom. The van der Waals surface area contributed by atoms with Crippen LogP contribution in [0.5, 0.6) is 11.5 Å². The number of anilines is 2. The fraction of sp³-hybridized carbons (Fsp3) is 0.364. The van der Waals surface area contributed by atoms with Gasteiger partial charge in [0.15, 0.2) is 11.6 Å². The normalized spacial score (nSPS) is 18.4. The third kappa shape index (κ3) is 4.72. The van der Waals surface area contributed by atoms with Gasteiger partial charge in [0.05, 0.1) is 24.2 Å². The summed E-state index contributed by atoms with van der Waals surface area (Å²) in [7, 11) is -3.03. The Morgan fingerprint density at radius 2 is 2.03 bits per heavy atom. The van der Waals surface area contributed by atoms with Gasteiger partial charge in [-0.3, -0.25) is 14.4 Å². The van der Waals surface area contributed by atoms with Gasteiger partial charge in [-0.2, -0.15) is 0 Å². The fourth-order valence-electron chi connectivity index (χ4n) is 4.11. The van der Waals surface area contributed by atoms with Gasteiger partial charge in [-0.1, -0.05) is 0 Å². The number of amides is 2. The van der Waals surface area contributed by atoms with Crippen LogP contribution in [0.3, 0.4) is 0 Å². The average molecular weight is 494 g/mol. The average Bonchev–Trinajstić information content (AvgIpc) is 3.61. The van der Waals surface area contributed by atoms with E-state index >= 15 is 0 Å². The highest BCUT2D eigenvalue weighted by atomic mass is 32.2. The fourth-order valence-corrected chi connectivity index (χ4v) is 5.63. The summed E-state index contributed by atoms with van der Waals surface area (Å²) in [5.74, 6) is -1.52. The van der Waals surface area contributed by atoms with E-state index in [0.29, 0.717) is 0 Å². The van der Waals surface area contributed by atoms with E-state index in [2.05, 4.69) is 5.32 Å². The van der Waals surface area contributed by atoms with Crippen LogP contribution >= 0.6 is 0 Å². The van der Waals surface area contributed by atoms with Crippen molar-refractivity contribution in [3.63, 3.8) is 0 Å². The number of sulfonamides is 1. The maximum absolute atomic E-state index is 13.9. The molecule has 2 aliphatic rings. The van der Waals surface area contributed by atoms with Gasteiger partial charge in [-0.25, -0.2) is 17.6 Å². The Kier molecular flexibility index (Phi) is 6.26. The highest BCUT2D eigenvalue weighted by molar-refractivity contribution is 7.92. The van der Waals surface area contributed by atoms with Crippen LogP contribution in [-0.4, -0.2) is 45.3 Å². The maximum Gasteiger partial charge on any atom is 0.409 e. The molecule has 0 spiro atoms. The van der Waals surface area contributed by atoms with Crippen LogP contribution in [0.2, 0.25) is 0 Å². The van der Waals surface area contributed by atoms with Crippen LogP contribution in [-0.2, 0) is 14.8 Å². The van der Waals surface area contributed by atoms with Crippen molar-refractivity contribution in [3.8, 4) is 11.5 Å². The number of benzene rings is 2. The summed E-state index contributed by atoms with van der Waals surface area (Å²) in [5.41, 5.74) is 5.82. The number of fused-ring (bicyclic) bond motifs is 1. The molecule has 2 atom stereocenters. The van der Waals surface area contributed by atoms with Gasteiger partial charge >= 0.3 is 6.09 Å². The highest BCUT2D eigenvalue weighted by Crippen LogP contribution is 2.43. The third-order valence-electron chi connectivity index (χ3n) is 5.93. The Balaban J connectivity index is 1.75. The number of nitrogens with zero attached hydrogens (tertiary/aromatic N) is 1. The van der Waals surface area contributed by atoms with Crippen molar-refractivity contribution < 1.29 is 37.0 Å². The van der Waals surface area contributed by atoms with E-state index in [1.807, 2.05) is 0 Å². The lowest BCUT2D eigenvalue weighted by Crippen LogP contribution is -2.45. The molecule has 0 unspecified atom stereocenters. The van der Waals surface area contributed by atoms with Gasteiger partial charge in [-0.15, -0.1) is 0 Å². The van der Waals surface area contributed by atoms with E-state index in [-0.39, 0.29) is 46.7 Å². The first-order valence-electron chi connectivity index (χ1n) is 10.6. The van der Waals surface area contributed by atoms with Crippen LogP contribution in [0.4, 0.5) is 20.6 Å². The van der Waals surface area contributed by atoms with Crippen molar-refractivity contribution in [3.05, 3.63) is 42.2 Å². The second-order valence-corrected chi connectivity index (χ2v) is 10.1. The molecule has 1 saturated carbocycles. The number of carbonyl (C=O) groups is 2. The predicted octanol–water partition coefficient (Wildman–Crippen LogP) is 2.78. The van der Waals surface area contributed by atoms with E-state index in [1.165, 1.54) is 25.3 Å². The van der Waals surface area contributed by atoms with Gasteiger partial charge < -0.3 is 20.3 Å². The van der Waals surface area contributed by atoms with E-state index in [4.69, 9.17) is 20.3 Å². The van der Waals surface area contributed by atoms with Gasteiger partial charge in [0.2, 0.25) is 5.91 Å². The molecule has 0 radical (unpaired) electrons. The molecular formula is C22H24FN3O7S. The molecule has 34 heavy (non-hydrogen) atoms. The number of rotatable bonds is 8. The van der Waals surface area contributed by atoms with E-state index in [9.17, 15) is 22.4 Å². The van der Waals surface area contributed by atoms with Crippen LogP contribution in [0.1, 0.15) is 19.3 Å². The molecule has 4 rings (SSSR count). The standard InChI is InChI=1S/C22H24FN3O7S/c1-32-20-10-15(5-6-17(20)23)34(30,31)26-11-14(9-16(21(24)27)12-2-3-12)33-19-7-4-13(8-18(19)26)25-22(28)29/h4-8,10,12,14,16,25H,2-3,9,11H2,1H3,(H2,24,27)(H,28,29)/t14-,16+/m0/s1. The Labute approximate surface area is 195 Å². The third-order valence-corrected chi connectivity index (χ3v) is 7.70. The maximum atomic E-state index is 13.9. The van der Waals surface area contributed by atoms with Gasteiger partial charge in [-0.05, 0) is 55.5 Å². The number of methoxy groups -OCH3 is 1. The molecule has 2 aromatic carbocycles. The highest BCUT2D eigenvalue weighted by Gasteiger charge is 2.41. The monoisotopic (exact) mass is 493 g/mol. The SMILES string of the molecule is COc1cc(S(=O)(=O)N2C[C@H](C[C@@H](C(N)=O)C3CC3)Oc3ccc(NC(=O)O)cc32)ccc1F. The van der Waals surface area contributed by atoms with Gasteiger partial charge in [0, 0.05) is 17.7 Å². The molecule has 2 amide bonds. The number of hydrogen-bond acceptors (Lipinski definition) is 6. The number of hydrogen-bond donors (Lipinski definition) is 3. The number of ether oxygens (including phenoxy) is 2. The molecular weight excluding hydrogens is 469 g/mol. The van der Waals surface area contributed by atoms with Crippen molar-refractivity contribution >= 4 is 33.4 Å².